The van der Waals surface area contributed by atoms with Crippen LogP contribution in [0.5, 0.6) is 34.9 Å². The standard InChI is InChI=1S/C25H16NO.C23H20NO.C21H16NO.2C13H24O2.C11H20O2.3Ir/c1-3-7-18(8-4-1)19-11-12-20-14-23-17-26-25(16-22(23)15-21(20)13-19)27-24-9-5-2-6-10-24;1-23(2,3)22-19-12-8-7-9-16(19)13-17-15-24-21(14-20(17)22)25-18-10-5-4-6-11-18;1-14-7-15(2)9-20(8-14)23-21-12-18-10-16-5-3-4-6-17(16)11-19(18)13-22-21;1-7-12(3,4)10(14)9-11(15)13(5,6)8-2;1-5-10(6-2)12(14)9-13(15)11(7-3)8-4;1-10(2,3)8(12)7-9(13)11(4,5)6;;;/h1-9,11-17H;4-10,12-15H,1-3H3;3-8,10-13H,1-2H3;9,14H,7-8H2,1-6H3;9-11,14H,5-8H2,1-4H3;7,12H,1-6H3;;;/q3*-1;;;;;;. The van der Waals surface area contributed by atoms with Crippen molar-refractivity contribution in [1.82, 2.24) is 15.0 Å². The van der Waals surface area contributed by atoms with Crippen LogP contribution in [0.1, 0.15) is 187 Å². The average molecular weight is 2160 g/mol. The Kier molecular flexibility index (Phi) is 39.1. The number of allylic oxidation sites excluding steroid dienone is 6. The van der Waals surface area contributed by atoms with Crippen LogP contribution < -0.4 is 14.2 Å². The molecular weight excluding hydrogens is 2040 g/mol. The minimum Gasteiger partial charge on any atom is -0.512 e. The summed E-state index contributed by atoms with van der Waals surface area (Å²) in [7, 11) is 0. The van der Waals surface area contributed by atoms with Crippen molar-refractivity contribution < 1.29 is 104 Å². The molecule has 0 aliphatic carbocycles. The summed E-state index contributed by atoms with van der Waals surface area (Å²) in [5.41, 5.74) is 4.54. The zero-order valence-electron chi connectivity index (χ0n) is 74.1. The molecule has 0 saturated heterocycles. The van der Waals surface area contributed by atoms with E-state index in [0.717, 1.165) is 76.6 Å². The summed E-state index contributed by atoms with van der Waals surface area (Å²) < 4.78 is 17.6. The molecule has 0 amide bonds. The molecular formula is C106H120Ir3N3O9-3. The van der Waals surface area contributed by atoms with Crippen LogP contribution in [0.4, 0.5) is 0 Å². The second kappa shape index (κ2) is 46.4. The van der Waals surface area contributed by atoms with Gasteiger partial charge in [-0.05, 0) is 146 Å². The number of aryl methyl sites for hydroxylation is 2. The first-order valence-corrected chi connectivity index (χ1v) is 41.2. The fraction of sp³-hybridized carbons (Fsp3) is 0.321. The predicted octanol–water partition coefficient (Wildman–Crippen LogP) is 29.3. The van der Waals surface area contributed by atoms with E-state index in [0.29, 0.717) is 34.9 Å². The quantitative estimate of drug-likeness (QED) is 0.0285. The zero-order chi connectivity index (χ0) is 86.3. The van der Waals surface area contributed by atoms with Gasteiger partial charge in [-0.15, -0.1) is 36.4 Å². The van der Waals surface area contributed by atoms with Crippen molar-refractivity contribution in [3.05, 3.63) is 295 Å². The van der Waals surface area contributed by atoms with E-state index in [9.17, 15) is 29.7 Å². The Bertz CT molecular complexity index is 5640. The third kappa shape index (κ3) is 29.8. The van der Waals surface area contributed by atoms with E-state index in [-0.39, 0.29) is 128 Å². The van der Waals surface area contributed by atoms with E-state index in [2.05, 4.69) is 181 Å². The molecule has 3 aromatic heterocycles. The first kappa shape index (κ1) is 102. The number of fused-ring (bicyclic) bond motifs is 6. The number of nitrogens with zero attached hydrogens (tertiary/aromatic N) is 3. The van der Waals surface area contributed by atoms with Gasteiger partial charge < -0.3 is 29.5 Å². The maximum atomic E-state index is 11.8. The number of benzene rings is 10. The average Bonchev–Trinajstić information content (AvgIpc) is 0.751. The smallest absolute Gasteiger partial charge is 0.217 e. The maximum absolute atomic E-state index is 11.8. The van der Waals surface area contributed by atoms with Gasteiger partial charge in [-0.3, -0.25) is 14.4 Å². The summed E-state index contributed by atoms with van der Waals surface area (Å²) in [4.78, 5) is 48.4. The molecule has 3 heterocycles. The van der Waals surface area contributed by atoms with Gasteiger partial charge in [-0.25, -0.2) is 15.0 Å². The fourth-order valence-corrected chi connectivity index (χ4v) is 12.8. The van der Waals surface area contributed by atoms with Crippen LogP contribution in [0.15, 0.2) is 260 Å². The molecule has 0 bridgehead atoms. The summed E-state index contributed by atoms with van der Waals surface area (Å²) in [6.07, 6.45) is 14.8. The topological polar surface area (TPSA) is 178 Å². The normalized spacial score (nSPS) is 11.8. The predicted molar refractivity (Wildman–Crippen MR) is 490 cm³/mol. The van der Waals surface area contributed by atoms with Crippen LogP contribution in [0, 0.1) is 65.5 Å². The van der Waals surface area contributed by atoms with Gasteiger partial charge in [0.2, 0.25) is 17.6 Å². The number of pyridine rings is 3. The summed E-state index contributed by atoms with van der Waals surface area (Å²) in [5, 5.41) is 43.3. The van der Waals surface area contributed by atoms with Crippen LogP contribution in [0.2, 0.25) is 0 Å². The molecule has 12 nitrogen and oxygen atoms in total. The largest absolute Gasteiger partial charge is 0.512 e. The fourth-order valence-electron chi connectivity index (χ4n) is 12.8. The minimum absolute atomic E-state index is 0. The van der Waals surface area contributed by atoms with E-state index < -0.39 is 5.41 Å². The molecule has 0 aliphatic heterocycles. The second-order valence-corrected chi connectivity index (χ2v) is 34.4. The van der Waals surface area contributed by atoms with Gasteiger partial charge in [0.25, 0.3) is 0 Å². The number of ether oxygens (including phenoxy) is 3. The first-order valence-electron chi connectivity index (χ1n) is 41.2. The summed E-state index contributed by atoms with van der Waals surface area (Å²) in [6.45, 7) is 41.7. The van der Waals surface area contributed by atoms with Crippen LogP contribution in [0.25, 0.3) is 75.8 Å². The number of aliphatic hydroxyl groups excluding tert-OH is 3. The van der Waals surface area contributed by atoms with Crippen molar-refractivity contribution in [2.24, 2.45) is 33.5 Å². The first-order chi connectivity index (χ1) is 55.9. The van der Waals surface area contributed by atoms with Crippen molar-refractivity contribution >= 4 is 82.0 Å². The molecule has 3 radical (unpaired) electrons. The molecule has 0 atom stereocenters. The Labute approximate surface area is 759 Å². The van der Waals surface area contributed by atoms with Crippen LogP contribution >= 0.6 is 0 Å². The number of para-hydroxylation sites is 2. The van der Waals surface area contributed by atoms with Crippen molar-refractivity contribution in [1.29, 1.82) is 0 Å². The molecule has 13 aromatic rings. The molecule has 15 heteroatoms. The summed E-state index contributed by atoms with van der Waals surface area (Å²) in [6, 6.07) is 79.3. The number of hydrogen-bond acceptors (Lipinski definition) is 12. The van der Waals surface area contributed by atoms with Gasteiger partial charge in [-0.2, -0.15) is 53.6 Å². The SMILES string of the molecule is CC(C)(C)C(=O)C=C(O)C(C)(C)C.CC(C)(C)c1c2ccccc2cc2cnc(Oc3[c-]cccc3)cc12.CCC(C)(C)C(=O)C=C(O)C(C)(C)CC.CCC(CC)C(=O)C=C(O)C(CC)CC.Cc1[c-]c(Oc2cc3cc4ccccc4cc3cn2)cc(C)c1.[Ir].[Ir].[Ir].[c-]1ccccc1Oc1cc2cc3cc(-c4ccccc4)ccc3cc2cn1. The number of hydrogen-bond donors (Lipinski definition) is 3. The molecule has 13 rings (SSSR count). The van der Waals surface area contributed by atoms with Gasteiger partial charge in [0, 0.05) is 182 Å². The van der Waals surface area contributed by atoms with Gasteiger partial charge in [-0.1, -0.05) is 236 Å². The number of rotatable bonds is 20. The molecule has 3 N–H and O–H groups in total. The van der Waals surface area contributed by atoms with Crippen molar-refractivity contribution in [2.75, 3.05) is 0 Å². The monoisotopic (exact) mass is 2160 g/mol. The number of aromatic nitrogens is 3. The number of carbonyl (C=O) groups is 3. The Balaban J connectivity index is 0.000000263. The summed E-state index contributed by atoms with van der Waals surface area (Å²) in [5.74, 6) is 4.64. The maximum Gasteiger partial charge on any atom is 0.217 e. The van der Waals surface area contributed by atoms with Crippen LogP contribution in [-0.4, -0.2) is 47.6 Å². The van der Waals surface area contributed by atoms with E-state index >= 15 is 0 Å². The van der Waals surface area contributed by atoms with E-state index in [1.807, 2.05) is 222 Å². The Morgan fingerprint density at radius 1 is 0.388 bits per heavy atom. The number of aliphatic hydroxyl groups is 3. The van der Waals surface area contributed by atoms with Crippen LogP contribution in [0.3, 0.4) is 0 Å². The van der Waals surface area contributed by atoms with Crippen LogP contribution in [-0.2, 0) is 80.1 Å². The Morgan fingerprint density at radius 3 is 1.31 bits per heavy atom. The molecule has 643 valence electrons. The van der Waals surface area contributed by atoms with E-state index in [1.54, 1.807) is 0 Å². The summed E-state index contributed by atoms with van der Waals surface area (Å²) >= 11 is 0. The third-order valence-electron chi connectivity index (χ3n) is 21.2. The molecule has 10 aromatic carbocycles. The second-order valence-electron chi connectivity index (χ2n) is 34.4. The zero-order valence-corrected chi connectivity index (χ0v) is 81.3. The van der Waals surface area contributed by atoms with Gasteiger partial charge in [0.1, 0.15) is 11.5 Å². The Hall–Kier alpha value is -9.81. The minimum atomic E-state index is -0.417. The van der Waals surface area contributed by atoms with E-state index in [4.69, 9.17) is 14.2 Å². The molecule has 0 unspecified atom stereocenters. The molecule has 0 spiro atoms. The Morgan fingerprint density at radius 2 is 0.826 bits per heavy atom. The van der Waals surface area contributed by atoms with Crippen molar-refractivity contribution in [2.45, 2.75) is 189 Å². The van der Waals surface area contributed by atoms with Gasteiger partial charge in [0.05, 0.1) is 5.76 Å². The van der Waals surface area contributed by atoms with Gasteiger partial charge >= 0.3 is 0 Å². The molecule has 0 fully saturated rings. The molecule has 0 aliphatic rings. The van der Waals surface area contributed by atoms with Gasteiger partial charge in [0.15, 0.2) is 17.3 Å². The number of ketones is 3. The molecule has 0 saturated carbocycles. The van der Waals surface area contributed by atoms with E-state index in [1.165, 1.54) is 72.6 Å². The third-order valence-corrected chi connectivity index (χ3v) is 21.2. The number of carbonyl (C=O) groups excluding carboxylic acids is 3. The van der Waals surface area contributed by atoms with Crippen molar-refractivity contribution in [3.8, 4) is 46.0 Å². The molecule has 121 heavy (non-hydrogen) atoms. The van der Waals surface area contributed by atoms with Crippen molar-refractivity contribution in [3.63, 3.8) is 0 Å².